The molecule has 0 spiro atoms. The topological polar surface area (TPSA) is 70.0 Å². The van der Waals surface area contributed by atoms with Crippen LogP contribution in [0.15, 0.2) is 22.7 Å². The van der Waals surface area contributed by atoms with Crippen LogP contribution in [0.5, 0.6) is 0 Å². The van der Waals surface area contributed by atoms with Crippen molar-refractivity contribution in [2.24, 2.45) is 5.73 Å². The van der Waals surface area contributed by atoms with Gasteiger partial charge in [0.2, 0.25) is 0 Å². The van der Waals surface area contributed by atoms with Crippen LogP contribution in [-0.4, -0.2) is 5.11 Å². The van der Waals surface area contributed by atoms with E-state index in [1.807, 2.05) is 18.2 Å². The number of nitrogens with zero attached hydrogens (tertiary/aromatic N) is 1. The monoisotopic (exact) mass is 254 g/mol. The molecule has 0 fully saturated rings. The summed E-state index contributed by atoms with van der Waals surface area (Å²) in [6.07, 6.45) is -0.667. The maximum atomic E-state index is 9.66. The van der Waals surface area contributed by atoms with Crippen molar-refractivity contribution in [3.8, 4) is 6.07 Å². The van der Waals surface area contributed by atoms with Gasteiger partial charge in [-0.1, -0.05) is 22.0 Å². The maximum absolute atomic E-state index is 9.66. The zero-order valence-electron chi connectivity index (χ0n) is 7.57. The standard InChI is InChI=1S/C10H11BrN2O/c11-8-2-1-7(6-13)9(5-8)10(14)3-4-12/h1-2,5,10,14H,3,6,13H2. The molecular weight excluding hydrogens is 244 g/mol. The van der Waals surface area contributed by atoms with Gasteiger partial charge in [-0.25, -0.2) is 0 Å². The second-order valence-corrected chi connectivity index (χ2v) is 3.84. The van der Waals surface area contributed by atoms with Crippen molar-refractivity contribution in [2.75, 3.05) is 0 Å². The summed E-state index contributed by atoms with van der Waals surface area (Å²) >= 11 is 3.31. The molecule has 0 heterocycles. The molecule has 0 bridgehead atoms. The lowest BCUT2D eigenvalue weighted by Crippen LogP contribution is -2.05. The fourth-order valence-corrected chi connectivity index (χ4v) is 1.64. The molecule has 3 nitrogen and oxygen atoms in total. The molecule has 0 aliphatic rings. The minimum absolute atomic E-state index is 0.0868. The van der Waals surface area contributed by atoms with Crippen LogP contribution in [0.1, 0.15) is 23.7 Å². The Balaban J connectivity index is 3.04. The smallest absolute Gasteiger partial charge is 0.0923 e. The summed E-state index contributed by atoms with van der Waals surface area (Å²) in [5.74, 6) is 0. The average Bonchev–Trinajstić information content (AvgIpc) is 2.18. The molecule has 0 radical (unpaired) electrons. The number of nitrogens with two attached hydrogens (primary N) is 1. The highest BCUT2D eigenvalue weighted by atomic mass is 79.9. The van der Waals surface area contributed by atoms with E-state index in [-0.39, 0.29) is 6.42 Å². The first-order chi connectivity index (χ1) is 6.69. The Labute approximate surface area is 91.3 Å². The number of hydrogen-bond donors (Lipinski definition) is 2. The largest absolute Gasteiger partial charge is 0.387 e. The van der Waals surface area contributed by atoms with Gasteiger partial charge in [0.1, 0.15) is 0 Å². The van der Waals surface area contributed by atoms with Crippen molar-refractivity contribution in [1.29, 1.82) is 5.26 Å². The highest BCUT2D eigenvalue weighted by Crippen LogP contribution is 2.24. The lowest BCUT2D eigenvalue weighted by molar-refractivity contribution is 0.182. The Hall–Kier alpha value is -0.890. The van der Waals surface area contributed by atoms with E-state index in [0.717, 1.165) is 15.6 Å². The maximum Gasteiger partial charge on any atom is 0.0923 e. The lowest BCUT2D eigenvalue weighted by Gasteiger charge is -2.12. The average molecular weight is 255 g/mol. The molecule has 1 atom stereocenters. The first kappa shape index (κ1) is 11.2. The first-order valence-corrected chi connectivity index (χ1v) is 5.01. The van der Waals surface area contributed by atoms with E-state index in [1.165, 1.54) is 0 Å². The molecule has 74 valence electrons. The summed E-state index contributed by atoms with van der Waals surface area (Å²) < 4.78 is 0.877. The fraction of sp³-hybridized carbons (Fsp3) is 0.300. The molecule has 14 heavy (non-hydrogen) atoms. The molecule has 4 heteroatoms. The highest BCUT2D eigenvalue weighted by Gasteiger charge is 2.11. The number of halogens is 1. The van der Waals surface area contributed by atoms with Gasteiger partial charge in [-0.15, -0.1) is 0 Å². The van der Waals surface area contributed by atoms with Crippen molar-refractivity contribution in [3.05, 3.63) is 33.8 Å². The Morgan fingerprint density at radius 3 is 2.86 bits per heavy atom. The number of rotatable bonds is 3. The molecular formula is C10H11BrN2O. The van der Waals surface area contributed by atoms with Crippen molar-refractivity contribution in [1.82, 2.24) is 0 Å². The Kier molecular flexibility index (Phi) is 4.08. The van der Waals surface area contributed by atoms with Crippen LogP contribution < -0.4 is 5.73 Å². The van der Waals surface area contributed by atoms with Gasteiger partial charge in [-0.2, -0.15) is 5.26 Å². The molecule has 1 aromatic carbocycles. The van der Waals surface area contributed by atoms with Gasteiger partial charge in [0.05, 0.1) is 18.6 Å². The van der Waals surface area contributed by atoms with Crippen molar-refractivity contribution in [3.63, 3.8) is 0 Å². The molecule has 0 amide bonds. The summed E-state index contributed by atoms with van der Waals surface area (Å²) in [7, 11) is 0. The predicted molar refractivity (Wildman–Crippen MR) is 57.2 cm³/mol. The summed E-state index contributed by atoms with van der Waals surface area (Å²) in [5.41, 5.74) is 7.12. The van der Waals surface area contributed by atoms with Crippen LogP contribution in [0, 0.1) is 11.3 Å². The van der Waals surface area contributed by atoms with Crippen LogP contribution >= 0.6 is 15.9 Å². The van der Waals surface area contributed by atoms with Gasteiger partial charge in [-0.3, -0.25) is 0 Å². The number of aliphatic hydroxyl groups excluding tert-OH is 1. The first-order valence-electron chi connectivity index (χ1n) is 4.22. The van der Waals surface area contributed by atoms with Crippen molar-refractivity contribution in [2.45, 2.75) is 19.1 Å². The molecule has 0 aliphatic carbocycles. The van der Waals surface area contributed by atoms with E-state index >= 15 is 0 Å². The van der Waals surface area contributed by atoms with Gasteiger partial charge in [0.15, 0.2) is 0 Å². The Morgan fingerprint density at radius 2 is 2.29 bits per heavy atom. The van der Waals surface area contributed by atoms with E-state index in [9.17, 15) is 5.11 Å². The summed E-state index contributed by atoms with van der Waals surface area (Å²) in [6, 6.07) is 7.44. The molecule has 0 saturated heterocycles. The van der Waals surface area contributed by atoms with E-state index < -0.39 is 6.10 Å². The van der Waals surface area contributed by atoms with Crippen LogP contribution in [-0.2, 0) is 6.54 Å². The van der Waals surface area contributed by atoms with Crippen LogP contribution in [0.4, 0.5) is 0 Å². The zero-order valence-corrected chi connectivity index (χ0v) is 9.16. The third-order valence-electron chi connectivity index (χ3n) is 1.97. The fourth-order valence-electron chi connectivity index (χ4n) is 1.26. The molecule has 3 N–H and O–H groups in total. The third-order valence-corrected chi connectivity index (χ3v) is 2.46. The van der Waals surface area contributed by atoms with Gasteiger partial charge < -0.3 is 10.8 Å². The summed E-state index contributed by atoms with van der Waals surface area (Å²) in [4.78, 5) is 0. The molecule has 0 aromatic heterocycles. The lowest BCUT2D eigenvalue weighted by atomic mass is 10.0. The number of aliphatic hydroxyl groups is 1. The van der Waals surface area contributed by atoms with E-state index in [1.54, 1.807) is 6.07 Å². The Bertz CT molecular complexity index is 360. The van der Waals surface area contributed by atoms with Gasteiger partial charge in [0, 0.05) is 11.0 Å². The van der Waals surface area contributed by atoms with Crippen LogP contribution in [0.2, 0.25) is 0 Å². The number of benzene rings is 1. The van der Waals surface area contributed by atoms with Crippen LogP contribution in [0.3, 0.4) is 0 Å². The summed E-state index contributed by atoms with van der Waals surface area (Å²) in [6.45, 7) is 0.366. The van der Waals surface area contributed by atoms with Gasteiger partial charge >= 0.3 is 0 Å². The molecule has 1 aromatic rings. The minimum atomic E-state index is -0.754. The molecule has 0 saturated carbocycles. The zero-order chi connectivity index (χ0) is 10.6. The van der Waals surface area contributed by atoms with Gasteiger partial charge in [0.25, 0.3) is 0 Å². The second-order valence-electron chi connectivity index (χ2n) is 2.93. The van der Waals surface area contributed by atoms with Crippen molar-refractivity contribution < 1.29 is 5.11 Å². The second kappa shape index (κ2) is 5.11. The van der Waals surface area contributed by atoms with Crippen molar-refractivity contribution >= 4 is 15.9 Å². The van der Waals surface area contributed by atoms with Gasteiger partial charge in [-0.05, 0) is 23.3 Å². The summed E-state index contributed by atoms with van der Waals surface area (Å²) in [5, 5.41) is 18.1. The molecule has 1 unspecified atom stereocenters. The van der Waals surface area contributed by atoms with E-state index in [0.29, 0.717) is 6.54 Å². The number of nitriles is 1. The third kappa shape index (κ3) is 2.55. The highest BCUT2D eigenvalue weighted by molar-refractivity contribution is 9.10. The predicted octanol–water partition coefficient (Wildman–Crippen LogP) is 1.85. The minimum Gasteiger partial charge on any atom is -0.387 e. The molecule has 1 rings (SSSR count). The SMILES string of the molecule is N#CCC(O)c1cc(Br)ccc1CN. The van der Waals surface area contributed by atoms with E-state index in [4.69, 9.17) is 11.0 Å². The molecule has 0 aliphatic heterocycles. The van der Waals surface area contributed by atoms with E-state index in [2.05, 4.69) is 15.9 Å². The number of hydrogen-bond acceptors (Lipinski definition) is 3. The Morgan fingerprint density at radius 1 is 1.57 bits per heavy atom. The quantitative estimate of drug-likeness (QED) is 0.865. The normalized spacial score (nSPS) is 12.1. The van der Waals surface area contributed by atoms with Crippen LogP contribution in [0.25, 0.3) is 0 Å².